The molecule has 1 aromatic rings. The number of aliphatic hydroxyl groups excluding tert-OH is 3. The van der Waals surface area contributed by atoms with Crippen LogP contribution in [0.3, 0.4) is 0 Å². The zero-order valence-electron chi connectivity index (χ0n) is 28.2. The van der Waals surface area contributed by atoms with E-state index in [1.807, 2.05) is 0 Å². The highest BCUT2D eigenvalue weighted by atomic mass is 35.5. The van der Waals surface area contributed by atoms with E-state index in [9.17, 15) is 44.1 Å². The Balaban J connectivity index is 2.04. The summed E-state index contributed by atoms with van der Waals surface area (Å²) in [5, 5.41) is 50.1. The van der Waals surface area contributed by atoms with Crippen LogP contribution in [0.1, 0.15) is 25.7 Å². The van der Waals surface area contributed by atoms with Gasteiger partial charge in [-0.1, -0.05) is 23.2 Å². The Morgan fingerprint density at radius 3 is 2.30 bits per heavy atom. The Morgan fingerprint density at radius 1 is 0.981 bits per heavy atom. The molecule has 3 rings (SSSR count). The molecule has 292 valence electrons. The molecule has 1 fully saturated rings. The van der Waals surface area contributed by atoms with E-state index in [0.29, 0.717) is 25.1 Å². The molecule has 2 aliphatic rings. The first-order valence-electron chi connectivity index (χ1n) is 16.3. The molecule has 2 aliphatic heterocycles. The van der Waals surface area contributed by atoms with Gasteiger partial charge >= 0.3 is 0 Å². The molecule has 53 heavy (non-hydrogen) atoms. The maximum atomic E-state index is 13.8. The monoisotopic (exact) mass is 786 g/mol. The number of carbonyl (C=O) groups is 6. The number of rotatable bonds is 11. The molecule has 6 amide bonds. The highest BCUT2D eigenvalue weighted by Crippen LogP contribution is 2.25. The molecule has 17 N–H and O–H groups in total. The summed E-state index contributed by atoms with van der Waals surface area (Å²) in [5.41, 5.74) is 17.1. The quantitative estimate of drug-likeness (QED) is 0.0934. The molecule has 0 bridgehead atoms. The summed E-state index contributed by atoms with van der Waals surface area (Å²) in [4.78, 5) is 84.1. The number of hydrogen-bond donors (Lipinski definition) is 14. The average Bonchev–Trinajstić information content (AvgIpc) is 3.10. The standard InChI is InChI=1S/C30H44Cl2N12O9/c31-15-4-3-14(7-16(15)32)36-9-19-26(50)44-24(17-8-23(48)43-30(35)42-17)29(53)37-10-18(38-22(47)6-13(34)2-1-5-33)25(49)40-21(12-46)28(52)41-20(11-45)27(51)39-19/h3-4,7,9,13,17-18,20-21,23-24,36,45-46,48H,1-2,5-6,8,10-12,33-34H2,(H,37,53)(H,38,47)(H,39,51)(H,40,49)(H,41,52)(H,44,50)(H3,35,42,43)/b19-9-/t13-,17+,18?,20?,21?,23+,24?/m0/s1. The minimum Gasteiger partial charge on any atom is -0.394 e. The normalized spacial score (nSPS) is 26.1. The predicted octanol–water partition coefficient (Wildman–Crippen LogP) is -5.13. The van der Waals surface area contributed by atoms with Crippen molar-refractivity contribution in [1.82, 2.24) is 37.2 Å². The van der Waals surface area contributed by atoms with Gasteiger partial charge in [-0.15, -0.1) is 0 Å². The first-order valence-corrected chi connectivity index (χ1v) is 17.1. The molecule has 1 aromatic carbocycles. The second kappa shape index (κ2) is 20.5. The number of guanidine groups is 1. The molecular formula is C30H44Cl2N12O9. The van der Waals surface area contributed by atoms with E-state index in [1.54, 1.807) is 0 Å². The van der Waals surface area contributed by atoms with Crippen LogP contribution >= 0.6 is 23.2 Å². The van der Waals surface area contributed by atoms with Crippen LogP contribution < -0.4 is 59.7 Å². The second-order valence-electron chi connectivity index (χ2n) is 12.0. The number of halogens is 2. The SMILES string of the molecule is NCCC[C@H](N)CC(=O)NC1CNC(=O)C([C@H]2C[C@@H](O)N=C(N)N2)NC(=O)/C(=C/Nc2ccc(Cl)c(Cl)c2)NC(=O)C(CO)NC(=O)C(CO)NC1=O. The van der Waals surface area contributed by atoms with Gasteiger partial charge in [0.2, 0.25) is 29.5 Å². The zero-order valence-corrected chi connectivity index (χ0v) is 29.7. The fraction of sp³-hybridized carbons (Fsp3) is 0.500. The van der Waals surface area contributed by atoms with Gasteiger partial charge in [-0.05, 0) is 37.6 Å². The molecule has 4 unspecified atom stereocenters. The molecule has 7 atom stereocenters. The van der Waals surface area contributed by atoms with Crippen molar-refractivity contribution >= 4 is 70.3 Å². The third-order valence-corrected chi connectivity index (χ3v) is 8.59. The molecule has 0 radical (unpaired) electrons. The average molecular weight is 788 g/mol. The minimum atomic E-state index is -1.74. The van der Waals surface area contributed by atoms with Crippen LogP contribution in [0.4, 0.5) is 5.69 Å². The number of nitrogens with two attached hydrogens (primary N) is 3. The minimum absolute atomic E-state index is 0.150. The van der Waals surface area contributed by atoms with Crippen molar-refractivity contribution in [2.24, 2.45) is 22.2 Å². The van der Waals surface area contributed by atoms with Gasteiger partial charge in [-0.25, -0.2) is 4.99 Å². The maximum absolute atomic E-state index is 13.8. The van der Waals surface area contributed by atoms with Crippen LogP contribution in [0.2, 0.25) is 10.0 Å². The highest BCUT2D eigenvalue weighted by Gasteiger charge is 2.37. The fourth-order valence-electron chi connectivity index (χ4n) is 5.06. The van der Waals surface area contributed by atoms with E-state index in [2.05, 4.69) is 47.5 Å². The Bertz CT molecular complexity index is 1580. The van der Waals surface area contributed by atoms with Crippen LogP contribution in [0, 0.1) is 0 Å². The number of hydrogen-bond acceptors (Lipinski definition) is 15. The van der Waals surface area contributed by atoms with Crippen molar-refractivity contribution in [1.29, 1.82) is 0 Å². The summed E-state index contributed by atoms with van der Waals surface area (Å²) in [5.74, 6) is -6.30. The molecule has 21 nitrogen and oxygen atoms in total. The van der Waals surface area contributed by atoms with Crippen LogP contribution in [0.5, 0.6) is 0 Å². The van der Waals surface area contributed by atoms with Gasteiger partial charge in [0.1, 0.15) is 29.9 Å². The molecule has 0 saturated carbocycles. The Kier molecular flexibility index (Phi) is 16.5. The van der Waals surface area contributed by atoms with E-state index >= 15 is 0 Å². The van der Waals surface area contributed by atoms with Crippen molar-refractivity contribution in [2.75, 3.05) is 31.6 Å². The van der Waals surface area contributed by atoms with Crippen molar-refractivity contribution in [3.05, 3.63) is 40.1 Å². The van der Waals surface area contributed by atoms with E-state index in [-0.39, 0.29) is 28.8 Å². The summed E-state index contributed by atoms with van der Waals surface area (Å²) >= 11 is 12.1. The summed E-state index contributed by atoms with van der Waals surface area (Å²) in [6.07, 6.45) is 0.0929. The number of nitrogens with one attached hydrogen (secondary N) is 8. The van der Waals surface area contributed by atoms with Gasteiger partial charge in [-0.2, -0.15) is 0 Å². The van der Waals surface area contributed by atoms with Gasteiger partial charge in [-0.3, -0.25) is 28.8 Å². The molecule has 0 aliphatic carbocycles. The smallest absolute Gasteiger partial charge is 0.270 e. The van der Waals surface area contributed by atoms with Gasteiger partial charge in [0.25, 0.3) is 5.91 Å². The van der Waals surface area contributed by atoms with Gasteiger partial charge in [0.05, 0.1) is 29.3 Å². The van der Waals surface area contributed by atoms with E-state index in [0.717, 1.165) is 6.20 Å². The van der Waals surface area contributed by atoms with Crippen LogP contribution in [0.25, 0.3) is 0 Å². The molecule has 0 spiro atoms. The lowest BCUT2D eigenvalue weighted by Crippen LogP contribution is -2.64. The first kappa shape index (κ1) is 42.6. The molecular weight excluding hydrogens is 743 g/mol. The van der Waals surface area contributed by atoms with Gasteiger partial charge < -0.3 is 75.1 Å². The molecule has 2 heterocycles. The number of carbonyl (C=O) groups excluding carboxylic acids is 6. The number of nitrogens with zero attached hydrogens (tertiary/aromatic N) is 1. The van der Waals surface area contributed by atoms with Crippen LogP contribution in [-0.2, 0) is 28.8 Å². The van der Waals surface area contributed by atoms with Crippen LogP contribution in [0.15, 0.2) is 35.1 Å². The number of anilines is 1. The second-order valence-corrected chi connectivity index (χ2v) is 12.8. The van der Waals surface area contributed by atoms with Crippen molar-refractivity contribution in [3.63, 3.8) is 0 Å². The summed E-state index contributed by atoms with van der Waals surface area (Å²) in [6, 6.07) is -3.99. The molecule has 0 aromatic heterocycles. The van der Waals surface area contributed by atoms with E-state index < -0.39 is 103 Å². The van der Waals surface area contributed by atoms with E-state index in [4.69, 9.17) is 40.4 Å². The van der Waals surface area contributed by atoms with Gasteiger partial charge in [0, 0.05) is 37.3 Å². The van der Waals surface area contributed by atoms with Crippen molar-refractivity contribution in [2.45, 2.75) is 68.2 Å². The van der Waals surface area contributed by atoms with Crippen molar-refractivity contribution in [3.8, 4) is 0 Å². The topological polar surface area (TPSA) is 350 Å². The lowest BCUT2D eigenvalue weighted by Gasteiger charge is -2.33. The molecule has 1 saturated heterocycles. The Morgan fingerprint density at radius 2 is 1.66 bits per heavy atom. The predicted molar refractivity (Wildman–Crippen MR) is 191 cm³/mol. The maximum Gasteiger partial charge on any atom is 0.270 e. The summed E-state index contributed by atoms with van der Waals surface area (Å²) in [6.45, 7) is -2.27. The lowest BCUT2D eigenvalue weighted by atomic mass is 10.0. The first-order chi connectivity index (χ1) is 25.1. The zero-order chi connectivity index (χ0) is 39.2. The number of amides is 6. The molecule has 23 heteroatoms. The lowest BCUT2D eigenvalue weighted by molar-refractivity contribution is -0.135. The third-order valence-electron chi connectivity index (χ3n) is 7.85. The summed E-state index contributed by atoms with van der Waals surface area (Å²) < 4.78 is 0. The van der Waals surface area contributed by atoms with Crippen molar-refractivity contribution < 1.29 is 44.1 Å². The van der Waals surface area contributed by atoms with Gasteiger partial charge in [0.15, 0.2) is 12.2 Å². The number of benzene rings is 1. The Hall–Kier alpha value is -4.77. The Labute approximate surface area is 313 Å². The highest BCUT2D eigenvalue weighted by molar-refractivity contribution is 6.42. The van der Waals surface area contributed by atoms with E-state index in [1.165, 1.54) is 18.2 Å². The summed E-state index contributed by atoms with van der Waals surface area (Å²) in [7, 11) is 0. The fourth-order valence-corrected chi connectivity index (χ4v) is 5.36. The number of aliphatic hydroxyl groups is 3. The number of aliphatic imine (C=N–C) groups is 1. The largest absolute Gasteiger partial charge is 0.394 e. The third kappa shape index (κ3) is 13.0. The van der Waals surface area contributed by atoms with Crippen LogP contribution in [-0.4, -0.2) is 126 Å².